The molecule has 1 amide bonds. The Morgan fingerprint density at radius 2 is 1.97 bits per heavy atom. The van der Waals surface area contributed by atoms with Crippen molar-refractivity contribution in [2.24, 2.45) is 0 Å². The predicted molar refractivity (Wildman–Crippen MR) is 117 cm³/mol. The van der Waals surface area contributed by atoms with Crippen molar-refractivity contribution in [1.82, 2.24) is 14.8 Å². The molecule has 1 fully saturated rings. The Kier molecular flexibility index (Phi) is 6.61. The number of carbonyl (C=O) groups is 2. The van der Waals surface area contributed by atoms with Crippen LogP contribution in [0.15, 0.2) is 34.3 Å². The van der Waals surface area contributed by atoms with Crippen molar-refractivity contribution in [2.75, 3.05) is 32.8 Å². The second kappa shape index (κ2) is 9.36. The molecule has 4 rings (SSSR count). The number of nitrogens with zero attached hydrogens (tertiary/aromatic N) is 3. The Morgan fingerprint density at radius 1 is 1.14 bits per heavy atom. The van der Waals surface area contributed by atoms with Crippen LogP contribution in [0.2, 0.25) is 4.34 Å². The first-order valence-corrected chi connectivity index (χ1v) is 12.0. The van der Waals surface area contributed by atoms with E-state index in [4.69, 9.17) is 16.3 Å². The van der Waals surface area contributed by atoms with Crippen molar-refractivity contribution in [3.63, 3.8) is 0 Å². The van der Waals surface area contributed by atoms with Crippen LogP contribution in [0.25, 0.3) is 10.6 Å². The van der Waals surface area contributed by atoms with Gasteiger partial charge in [-0.1, -0.05) is 11.6 Å². The van der Waals surface area contributed by atoms with E-state index in [1.54, 1.807) is 33.0 Å². The van der Waals surface area contributed by atoms with Crippen molar-refractivity contribution >= 4 is 57.5 Å². The molecule has 0 atom stereocenters. The molecule has 0 unspecified atom stereocenters. The van der Waals surface area contributed by atoms with Crippen LogP contribution in [0.3, 0.4) is 0 Å². The Hall–Kier alpha value is -1.78. The quantitative estimate of drug-likeness (QED) is 0.511. The third-order valence-corrected chi connectivity index (χ3v) is 7.33. The van der Waals surface area contributed by atoms with Crippen LogP contribution in [0, 0.1) is 0 Å². The maximum Gasteiger partial charge on any atom is 0.358 e. The standard InChI is InChI=1S/C19H18ClN3O3S3/c20-16-2-1-14(29-16)9-22-4-6-23(7-5-22)17(24)10-26-19(25)15-12-28-18(21-15)13-3-8-27-11-13/h1-3,8,11-12H,4-7,9-10H2. The third kappa shape index (κ3) is 5.23. The van der Waals surface area contributed by atoms with Crippen LogP contribution >= 0.6 is 45.6 Å². The molecular formula is C19H18ClN3O3S3. The van der Waals surface area contributed by atoms with E-state index in [1.165, 1.54) is 16.2 Å². The number of carbonyl (C=O) groups excluding carboxylic acids is 2. The number of hydrogen-bond donors (Lipinski definition) is 0. The number of ether oxygens (including phenoxy) is 1. The van der Waals surface area contributed by atoms with Crippen LogP contribution in [-0.4, -0.2) is 59.4 Å². The maximum atomic E-state index is 12.4. The van der Waals surface area contributed by atoms with Crippen LogP contribution in [-0.2, 0) is 16.1 Å². The summed E-state index contributed by atoms with van der Waals surface area (Å²) < 4.78 is 5.98. The topological polar surface area (TPSA) is 62.7 Å². The molecule has 3 aromatic rings. The summed E-state index contributed by atoms with van der Waals surface area (Å²) in [5.74, 6) is -0.741. The zero-order chi connectivity index (χ0) is 20.2. The molecule has 152 valence electrons. The summed E-state index contributed by atoms with van der Waals surface area (Å²) in [5, 5.41) is 6.37. The average Bonchev–Trinajstić information content (AvgIpc) is 3.48. The first kappa shape index (κ1) is 20.5. The van der Waals surface area contributed by atoms with Gasteiger partial charge in [-0.15, -0.1) is 22.7 Å². The van der Waals surface area contributed by atoms with Crippen molar-refractivity contribution in [3.05, 3.63) is 49.2 Å². The minimum absolute atomic E-state index is 0.176. The summed E-state index contributed by atoms with van der Waals surface area (Å²) in [6.07, 6.45) is 0. The lowest BCUT2D eigenvalue weighted by molar-refractivity contribution is -0.136. The fraction of sp³-hybridized carbons (Fsp3) is 0.316. The predicted octanol–water partition coefficient (Wildman–Crippen LogP) is 4.09. The maximum absolute atomic E-state index is 12.4. The fourth-order valence-corrected chi connectivity index (χ4v) is 5.62. The van der Waals surface area contributed by atoms with Gasteiger partial charge in [0.05, 0.1) is 4.34 Å². The minimum Gasteiger partial charge on any atom is -0.451 e. The summed E-state index contributed by atoms with van der Waals surface area (Å²) in [4.78, 5) is 34.2. The molecular weight excluding hydrogens is 450 g/mol. The Labute approximate surface area is 185 Å². The molecule has 3 aromatic heterocycles. The van der Waals surface area contributed by atoms with Gasteiger partial charge in [0.2, 0.25) is 0 Å². The van der Waals surface area contributed by atoms with Crippen molar-refractivity contribution in [1.29, 1.82) is 0 Å². The summed E-state index contributed by atoms with van der Waals surface area (Å²) >= 11 is 10.5. The van der Waals surface area contributed by atoms with Gasteiger partial charge in [0.25, 0.3) is 5.91 Å². The lowest BCUT2D eigenvalue weighted by atomic mass is 10.3. The van der Waals surface area contributed by atoms with Gasteiger partial charge in [-0.2, -0.15) is 11.3 Å². The monoisotopic (exact) mass is 467 g/mol. The number of thiophene rings is 2. The first-order chi connectivity index (χ1) is 14.1. The lowest BCUT2D eigenvalue weighted by Crippen LogP contribution is -2.49. The molecule has 0 aromatic carbocycles. The Balaban J connectivity index is 1.22. The largest absolute Gasteiger partial charge is 0.451 e. The molecule has 6 nitrogen and oxygen atoms in total. The van der Waals surface area contributed by atoms with Crippen LogP contribution in [0.4, 0.5) is 0 Å². The van der Waals surface area contributed by atoms with Gasteiger partial charge >= 0.3 is 5.97 Å². The van der Waals surface area contributed by atoms with Gasteiger partial charge < -0.3 is 9.64 Å². The second-order valence-electron chi connectivity index (χ2n) is 6.49. The normalized spacial score (nSPS) is 14.9. The van der Waals surface area contributed by atoms with Gasteiger partial charge in [0, 0.05) is 53.9 Å². The van der Waals surface area contributed by atoms with Crippen molar-refractivity contribution < 1.29 is 14.3 Å². The zero-order valence-electron chi connectivity index (χ0n) is 15.4. The summed E-state index contributed by atoms with van der Waals surface area (Å²) in [5.41, 5.74) is 1.22. The SMILES string of the molecule is O=C(OCC(=O)N1CCN(Cc2ccc(Cl)s2)CC1)c1csc(-c2ccsc2)n1. The molecule has 1 saturated heterocycles. The molecule has 0 saturated carbocycles. The zero-order valence-corrected chi connectivity index (χ0v) is 18.6. The molecule has 0 spiro atoms. The molecule has 1 aliphatic heterocycles. The molecule has 4 heterocycles. The molecule has 1 aliphatic rings. The molecule has 29 heavy (non-hydrogen) atoms. The number of hydrogen-bond acceptors (Lipinski definition) is 8. The van der Waals surface area contributed by atoms with Gasteiger partial charge in [-0.3, -0.25) is 9.69 Å². The van der Waals surface area contributed by atoms with E-state index in [0.717, 1.165) is 34.5 Å². The molecule has 0 N–H and O–H groups in total. The third-order valence-electron chi connectivity index (χ3n) is 4.54. The molecule has 0 aliphatic carbocycles. The number of piperazine rings is 1. The van der Waals surface area contributed by atoms with Gasteiger partial charge in [0.1, 0.15) is 5.01 Å². The Morgan fingerprint density at radius 3 is 2.66 bits per heavy atom. The van der Waals surface area contributed by atoms with Crippen LogP contribution < -0.4 is 0 Å². The first-order valence-electron chi connectivity index (χ1n) is 8.98. The van der Waals surface area contributed by atoms with E-state index >= 15 is 0 Å². The minimum atomic E-state index is -0.565. The summed E-state index contributed by atoms with van der Waals surface area (Å²) in [7, 11) is 0. The van der Waals surface area contributed by atoms with Gasteiger partial charge in [-0.25, -0.2) is 9.78 Å². The van der Waals surface area contributed by atoms with Crippen molar-refractivity contribution in [2.45, 2.75) is 6.54 Å². The number of thiazole rings is 1. The van der Waals surface area contributed by atoms with E-state index in [2.05, 4.69) is 9.88 Å². The molecule has 0 radical (unpaired) electrons. The van der Waals surface area contributed by atoms with Crippen LogP contribution in [0.5, 0.6) is 0 Å². The van der Waals surface area contributed by atoms with Gasteiger partial charge in [-0.05, 0) is 23.6 Å². The fourth-order valence-electron chi connectivity index (χ4n) is 2.99. The highest BCUT2D eigenvalue weighted by atomic mass is 35.5. The molecule has 10 heteroatoms. The van der Waals surface area contributed by atoms with Gasteiger partial charge in [0.15, 0.2) is 12.3 Å². The second-order valence-corrected chi connectivity index (χ2v) is 9.93. The summed E-state index contributed by atoms with van der Waals surface area (Å²) in [6, 6.07) is 5.89. The number of aromatic nitrogens is 1. The highest BCUT2D eigenvalue weighted by Gasteiger charge is 2.23. The number of amides is 1. The number of esters is 1. The van der Waals surface area contributed by atoms with Crippen molar-refractivity contribution in [3.8, 4) is 10.6 Å². The highest BCUT2D eigenvalue weighted by molar-refractivity contribution is 7.16. The number of rotatable bonds is 6. The average molecular weight is 468 g/mol. The van der Waals surface area contributed by atoms with E-state index in [1.807, 2.05) is 29.0 Å². The van der Waals surface area contributed by atoms with E-state index < -0.39 is 5.97 Å². The summed E-state index contributed by atoms with van der Waals surface area (Å²) in [6.45, 7) is 3.38. The smallest absolute Gasteiger partial charge is 0.358 e. The molecule has 0 bridgehead atoms. The van der Waals surface area contributed by atoms with E-state index in [0.29, 0.717) is 13.1 Å². The van der Waals surface area contributed by atoms with Crippen LogP contribution in [0.1, 0.15) is 15.4 Å². The van der Waals surface area contributed by atoms with E-state index in [9.17, 15) is 9.59 Å². The van der Waals surface area contributed by atoms with E-state index in [-0.39, 0.29) is 18.2 Å². The highest BCUT2D eigenvalue weighted by Crippen LogP contribution is 2.26. The Bertz CT molecular complexity index is 978. The number of halogens is 1. The lowest BCUT2D eigenvalue weighted by Gasteiger charge is -2.34.